The number of likely N-dealkylation sites (tertiary alicyclic amines) is 2. The highest BCUT2D eigenvalue weighted by Gasteiger charge is 2.52. The van der Waals surface area contributed by atoms with Gasteiger partial charge in [0.15, 0.2) is 0 Å². The first-order valence-electron chi connectivity index (χ1n) is 20.4. The number of carbonyl (C=O) groups is 4. The lowest BCUT2D eigenvalue weighted by Crippen LogP contribution is -2.42. The van der Waals surface area contributed by atoms with Gasteiger partial charge in [0.2, 0.25) is 11.8 Å². The van der Waals surface area contributed by atoms with E-state index in [1.54, 1.807) is 22.5 Å². The molecule has 3 saturated carbocycles. The number of ether oxygens (including phenoxy) is 2. The number of rotatable bonds is 11. The number of hydrogen-bond acceptors (Lipinski definition) is 10. The van der Waals surface area contributed by atoms with Crippen molar-refractivity contribution in [2.75, 3.05) is 44.8 Å². The predicted octanol–water partition coefficient (Wildman–Crippen LogP) is 4.49. The molecule has 2 aromatic heterocycles. The standard InChI is InChI=1S/C23H27N5O3.C21H25N5O3/c1-2-18(29)27-10-9-23(13-27)11-15(12-23)28-21(24)19(22(25)30)20(26-28)14-3-5-16(6-4-14)31-17-7-8-17;1-3-16(27)25-8-7-21(12-25)10-14(11-21)26-19(22)17(20(23)28)18(24-26)13-5-4-6-15(9-13)29-2/h2-6,15,17H,1,7-13,24H2,(H2,25,30);3-6,9,14H,1,7-8,10-12,22H2,2H3,(H2,23,28). The average Bonchev–Trinajstić information content (AvgIpc) is 3.53. The van der Waals surface area contributed by atoms with Crippen LogP contribution in [-0.2, 0) is 9.59 Å². The smallest absolute Gasteiger partial charge is 0.254 e. The molecule has 4 aromatic rings. The summed E-state index contributed by atoms with van der Waals surface area (Å²) in [7, 11) is 1.58. The Hall–Kier alpha value is -6.58. The summed E-state index contributed by atoms with van der Waals surface area (Å²) in [4.78, 5) is 51.8. The van der Waals surface area contributed by atoms with E-state index >= 15 is 0 Å². The molecule has 2 saturated heterocycles. The Balaban J connectivity index is 0.000000167. The number of primary amides is 2. The van der Waals surface area contributed by atoms with Crippen molar-refractivity contribution in [2.24, 2.45) is 22.3 Å². The zero-order valence-electron chi connectivity index (χ0n) is 33.8. The van der Waals surface area contributed by atoms with E-state index in [-0.39, 0.29) is 51.7 Å². The highest BCUT2D eigenvalue weighted by molar-refractivity contribution is 6.04. The second-order valence-electron chi connectivity index (χ2n) is 17.0. The van der Waals surface area contributed by atoms with E-state index in [0.717, 1.165) is 94.4 Å². The molecule has 0 atom stereocenters. The summed E-state index contributed by atoms with van der Waals surface area (Å²) in [5.74, 6) is 0.807. The van der Waals surface area contributed by atoms with Crippen molar-refractivity contribution in [1.82, 2.24) is 29.4 Å². The summed E-state index contributed by atoms with van der Waals surface area (Å²) in [5.41, 5.74) is 27.1. The van der Waals surface area contributed by atoms with E-state index in [2.05, 4.69) is 18.3 Å². The van der Waals surface area contributed by atoms with Crippen LogP contribution in [0.25, 0.3) is 22.5 Å². The average molecular weight is 817 g/mol. The molecule has 9 rings (SSSR count). The van der Waals surface area contributed by atoms with Crippen LogP contribution in [0.4, 0.5) is 11.6 Å². The van der Waals surface area contributed by atoms with Gasteiger partial charge in [-0.1, -0.05) is 25.3 Å². The normalized spacial score (nSPS) is 23.9. The number of benzene rings is 2. The van der Waals surface area contributed by atoms with Gasteiger partial charge in [-0.2, -0.15) is 10.2 Å². The molecule has 4 amide bonds. The Morgan fingerprint density at radius 2 is 1.20 bits per heavy atom. The van der Waals surface area contributed by atoms with Crippen molar-refractivity contribution >= 4 is 35.3 Å². The van der Waals surface area contributed by atoms with Crippen molar-refractivity contribution in [3.63, 3.8) is 0 Å². The molecule has 4 heterocycles. The maximum absolute atomic E-state index is 12.2. The second-order valence-corrected chi connectivity index (χ2v) is 17.0. The van der Waals surface area contributed by atoms with Gasteiger partial charge in [0.05, 0.1) is 25.3 Å². The number of amides is 4. The van der Waals surface area contributed by atoms with E-state index < -0.39 is 11.8 Å². The van der Waals surface area contributed by atoms with Crippen molar-refractivity contribution < 1.29 is 28.7 Å². The Kier molecular flexibility index (Phi) is 10.4. The number of nitrogen functional groups attached to an aromatic ring is 2. The molecule has 16 heteroatoms. The summed E-state index contributed by atoms with van der Waals surface area (Å²) in [6.45, 7) is 10.1. The lowest BCUT2D eigenvalue weighted by Gasteiger charge is -2.45. The van der Waals surface area contributed by atoms with Gasteiger partial charge in [0.25, 0.3) is 11.8 Å². The van der Waals surface area contributed by atoms with Crippen LogP contribution in [0.1, 0.15) is 84.2 Å². The molecule has 0 radical (unpaired) electrons. The van der Waals surface area contributed by atoms with Gasteiger partial charge in [0, 0.05) is 37.3 Å². The van der Waals surface area contributed by atoms with Crippen LogP contribution in [-0.4, -0.2) is 92.4 Å². The molecule has 0 unspecified atom stereocenters. The third-order valence-corrected chi connectivity index (χ3v) is 12.9. The van der Waals surface area contributed by atoms with Gasteiger partial charge < -0.3 is 42.2 Å². The largest absolute Gasteiger partial charge is 0.497 e. The highest BCUT2D eigenvalue weighted by Crippen LogP contribution is 2.56. The first-order chi connectivity index (χ1) is 28.8. The quantitative estimate of drug-likeness (QED) is 0.155. The minimum atomic E-state index is -0.607. The molecule has 2 aromatic carbocycles. The van der Waals surface area contributed by atoms with Gasteiger partial charge >= 0.3 is 0 Å². The van der Waals surface area contributed by atoms with E-state index in [0.29, 0.717) is 29.1 Å². The SMILES string of the molecule is C=CC(=O)N1CCC2(CC(n3nc(-c4ccc(OC5CC5)cc4)c(C(N)=O)c3N)C2)C1.C=CC(=O)N1CCC2(CC(n3nc(-c4cccc(OC)c4)c(C(N)=O)c3N)C2)C1. The van der Waals surface area contributed by atoms with Gasteiger partial charge in [-0.15, -0.1) is 0 Å². The molecule has 2 spiro atoms. The molecule has 0 bridgehead atoms. The van der Waals surface area contributed by atoms with Crippen LogP contribution < -0.4 is 32.4 Å². The summed E-state index contributed by atoms with van der Waals surface area (Å²) in [6.07, 6.45) is 10.6. The first-order valence-corrected chi connectivity index (χ1v) is 20.4. The summed E-state index contributed by atoms with van der Waals surface area (Å²) >= 11 is 0. The molecule has 8 N–H and O–H groups in total. The van der Waals surface area contributed by atoms with E-state index in [1.165, 1.54) is 12.2 Å². The Morgan fingerprint density at radius 1 is 0.717 bits per heavy atom. The van der Waals surface area contributed by atoms with Crippen LogP contribution in [0, 0.1) is 10.8 Å². The number of methoxy groups -OCH3 is 1. The molecule has 2 aliphatic heterocycles. The van der Waals surface area contributed by atoms with Crippen molar-refractivity contribution in [1.29, 1.82) is 0 Å². The number of aromatic nitrogens is 4. The molecule has 314 valence electrons. The zero-order valence-corrected chi connectivity index (χ0v) is 33.8. The maximum atomic E-state index is 12.2. The fraction of sp³-hybridized carbons (Fsp3) is 0.409. The summed E-state index contributed by atoms with van der Waals surface area (Å²) < 4.78 is 14.5. The number of nitrogens with zero attached hydrogens (tertiary/aromatic N) is 6. The van der Waals surface area contributed by atoms with Gasteiger partial charge in [-0.05, 0) is 111 Å². The molecular formula is C44H52N10O6. The predicted molar refractivity (Wildman–Crippen MR) is 226 cm³/mol. The molecular weight excluding hydrogens is 765 g/mol. The second kappa shape index (κ2) is 15.5. The Morgan fingerprint density at radius 3 is 1.63 bits per heavy atom. The van der Waals surface area contributed by atoms with Crippen LogP contribution in [0.3, 0.4) is 0 Å². The van der Waals surface area contributed by atoms with Gasteiger partial charge in [0.1, 0.15) is 45.6 Å². The fourth-order valence-electron chi connectivity index (χ4n) is 9.58. The van der Waals surface area contributed by atoms with Crippen LogP contribution in [0.15, 0.2) is 73.8 Å². The highest BCUT2D eigenvalue weighted by atomic mass is 16.5. The zero-order chi connectivity index (χ0) is 42.5. The molecule has 5 fully saturated rings. The van der Waals surface area contributed by atoms with Gasteiger partial charge in [-0.25, -0.2) is 9.36 Å². The topological polar surface area (TPSA) is 233 Å². The van der Waals surface area contributed by atoms with E-state index in [9.17, 15) is 19.2 Å². The lowest BCUT2D eigenvalue weighted by molar-refractivity contribution is -0.126. The monoisotopic (exact) mass is 816 g/mol. The summed E-state index contributed by atoms with van der Waals surface area (Å²) in [6, 6.07) is 15.0. The lowest BCUT2D eigenvalue weighted by atomic mass is 9.65. The Labute approximate surface area is 348 Å². The molecule has 3 aliphatic carbocycles. The van der Waals surface area contributed by atoms with Crippen LogP contribution in [0.2, 0.25) is 0 Å². The first kappa shape index (κ1) is 40.2. The third kappa shape index (κ3) is 7.45. The minimum absolute atomic E-state index is 0.0219. The maximum Gasteiger partial charge on any atom is 0.254 e. The van der Waals surface area contributed by atoms with Crippen molar-refractivity contribution in [3.05, 3.63) is 85.0 Å². The number of nitrogens with two attached hydrogens (primary N) is 4. The summed E-state index contributed by atoms with van der Waals surface area (Å²) in [5, 5.41) is 9.37. The molecule has 5 aliphatic rings. The third-order valence-electron chi connectivity index (χ3n) is 12.9. The molecule has 60 heavy (non-hydrogen) atoms. The van der Waals surface area contributed by atoms with Crippen molar-refractivity contribution in [3.8, 4) is 34.0 Å². The van der Waals surface area contributed by atoms with Gasteiger partial charge in [-0.3, -0.25) is 19.2 Å². The van der Waals surface area contributed by atoms with E-state index in [4.69, 9.17) is 37.5 Å². The molecule has 16 nitrogen and oxygen atoms in total. The van der Waals surface area contributed by atoms with E-state index in [1.807, 2.05) is 52.3 Å². The number of hydrogen-bond donors (Lipinski definition) is 4. The Bertz CT molecular complexity index is 2370. The minimum Gasteiger partial charge on any atom is -0.497 e. The number of anilines is 2. The number of carbonyl (C=O) groups excluding carboxylic acids is 4. The van der Waals surface area contributed by atoms with Crippen LogP contribution >= 0.6 is 0 Å². The fourth-order valence-corrected chi connectivity index (χ4v) is 9.58. The van der Waals surface area contributed by atoms with Crippen LogP contribution in [0.5, 0.6) is 11.5 Å². The van der Waals surface area contributed by atoms with Crippen molar-refractivity contribution in [2.45, 2.75) is 69.6 Å².